The Hall–Kier alpha value is -3.53. The molecule has 27 heavy (non-hydrogen) atoms. The summed E-state index contributed by atoms with van der Waals surface area (Å²) in [4.78, 5) is 12.9. The minimum absolute atomic E-state index is 0.274. The lowest BCUT2D eigenvalue weighted by Gasteiger charge is -2.21. The van der Waals surface area contributed by atoms with Crippen LogP contribution in [0.3, 0.4) is 0 Å². The molecule has 0 heterocycles. The highest BCUT2D eigenvalue weighted by Gasteiger charge is 2.38. The average Bonchev–Trinajstić information content (AvgIpc) is 2.76. The Morgan fingerprint density at radius 3 is 1.52 bits per heavy atom. The smallest absolute Gasteiger partial charge is 0.327 e. The van der Waals surface area contributed by atoms with Crippen molar-refractivity contribution in [1.29, 1.82) is 0 Å². The van der Waals surface area contributed by atoms with Gasteiger partial charge in [-0.1, -0.05) is 90.4 Å². The summed E-state index contributed by atoms with van der Waals surface area (Å²) in [7, 11) is 0.274. The molecule has 3 rings (SSSR count). The van der Waals surface area contributed by atoms with Gasteiger partial charge in [0.05, 0.1) is 0 Å². The first-order valence-corrected chi connectivity index (χ1v) is 9.37. The number of hydrogen-bond donors (Lipinski definition) is 0. The maximum absolute atomic E-state index is 12.9. The molecule has 0 atom stereocenters. The molecule has 2 nitrogen and oxygen atoms in total. The molecule has 0 aliphatic rings. The Labute approximate surface area is 162 Å². The molecule has 0 unspecified atom stereocenters. The maximum atomic E-state index is 12.9. The number of benzene rings is 3. The summed E-state index contributed by atoms with van der Waals surface area (Å²) in [5, 5.41) is 0. The molecule has 130 valence electrons. The summed E-state index contributed by atoms with van der Waals surface area (Å²) in [5.74, 6) is 12.0. The molecule has 0 bridgehead atoms. The van der Waals surface area contributed by atoms with Crippen LogP contribution >= 0.6 is 0 Å². The van der Waals surface area contributed by atoms with Gasteiger partial charge in [0.15, 0.2) is 0 Å². The van der Waals surface area contributed by atoms with Crippen LogP contribution in [0.15, 0.2) is 91.0 Å². The monoisotopic (exact) mass is 366 g/mol. The number of carbonyl (C=O) groups is 1. The quantitative estimate of drug-likeness (QED) is 0.515. The lowest BCUT2D eigenvalue weighted by molar-refractivity contribution is -0.136. The molecule has 0 amide bonds. The Morgan fingerprint density at radius 1 is 0.704 bits per heavy atom. The van der Waals surface area contributed by atoms with Gasteiger partial charge >= 0.3 is 5.97 Å². The Kier molecular flexibility index (Phi) is 5.90. The van der Waals surface area contributed by atoms with E-state index in [0.29, 0.717) is 5.56 Å². The average molecular weight is 366 g/mol. The standard InChI is InChI=1S/C24H18O2Si/c25-23(26-27)24(22-14-8-3-9-15-22,18-16-20-10-4-1-5-11-20)19-17-21-12-6-2-7-13-21/h1-15H,27H3. The van der Waals surface area contributed by atoms with Crippen LogP contribution in [0.4, 0.5) is 0 Å². The lowest BCUT2D eigenvalue weighted by atomic mass is 9.81. The van der Waals surface area contributed by atoms with Gasteiger partial charge in [-0.25, -0.2) is 0 Å². The van der Waals surface area contributed by atoms with E-state index in [1.807, 2.05) is 91.0 Å². The molecule has 0 spiro atoms. The second kappa shape index (κ2) is 8.72. The zero-order valence-corrected chi connectivity index (χ0v) is 17.0. The SMILES string of the molecule is O=C(O[SiH3])C(C#Cc1ccccc1)(C#Cc1ccccc1)c1ccccc1. The third-order valence-electron chi connectivity index (χ3n) is 4.03. The summed E-state index contributed by atoms with van der Waals surface area (Å²) >= 11 is 0. The van der Waals surface area contributed by atoms with E-state index >= 15 is 0 Å². The molecule has 0 radical (unpaired) electrons. The van der Waals surface area contributed by atoms with Crippen LogP contribution in [0.5, 0.6) is 0 Å². The van der Waals surface area contributed by atoms with E-state index < -0.39 is 11.4 Å². The van der Waals surface area contributed by atoms with Crippen molar-refractivity contribution in [2.75, 3.05) is 0 Å². The molecule has 0 aliphatic heterocycles. The van der Waals surface area contributed by atoms with Crippen molar-refractivity contribution in [3.8, 4) is 23.7 Å². The van der Waals surface area contributed by atoms with Crippen LogP contribution in [-0.2, 0) is 14.6 Å². The van der Waals surface area contributed by atoms with E-state index in [1.54, 1.807) is 0 Å². The Morgan fingerprint density at radius 2 is 1.11 bits per heavy atom. The molecule has 3 aromatic rings. The Bertz CT molecular complexity index is 963. The molecule has 3 heteroatoms. The predicted molar refractivity (Wildman–Crippen MR) is 111 cm³/mol. The fraction of sp³-hybridized carbons (Fsp3) is 0.0417. The maximum Gasteiger partial charge on any atom is 0.327 e. The van der Waals surface area contributed by atoms with Crippen LogP contribution in [0.1, 0.15) is 16.7 Å². The van der Waals surface area contributed by atoms with E-state index in [2.05, 4.69) is 23.7 Å². The number of hydrogen-bond acceptors (Lipinski definition) is 2. The van der Waals surface area contributed by atoms with Crippen molar-refractivity contribution < 1.29 is 9.22 Å². The van der Waals surface area contributed by atoms with Crippen molar-refractivity contribution in [1.82, 2.24) is 0 Å². The predicted octanol–water partition coefficient (Wildman–Crippen LogP) is 2.85. The highest BCUT2D eigenvalue weighted by atomic mass is 28.2. The third kappa shape index (κ3) is 4.36. The normalized spacial score (nSPS) is 10.1. The molecule has 0 fully saturated rings. The first kappa shape index (κ1) is 18.3. The second-order valence-corrected chi connectivity index (χ2v) is 6.25. The minimum Gasteiger partial charge on any atom is -0.527 e. The van der Waals surface area contributed by atoms with Gasteiger partial charge in [-0.05, 0) is 29.8 Å². The van der Waals surface area contributed by atoms with Crippen LogP contribution in [-0.4, -0.2) is 16.5 Å². The molecule has 0 saturated carbocycles. The van der Waals surface area contributed by atoms with Gasteiger partial charge in [0.25, 0.3) is 0 Å². The van der Waals surface area contributed by atoms with Gasteiger partial charge in [-0.3, -0.25) is 4.79 Å². The Balaban J connectivity index is 2.19. The van der Waals surface area contributed by atoms with Crippen molar-refractivity contribution in [3.05, 3.63) is 108 Å². The molecule has 3 aromatic carbocycles. The highest BCUT2D eigenvalue weighted by molar-refractivity contribution is 6.09. The second-order valence-electron chi connectivity index (χ2n) is 5.84. The van der Waals surface area contributed by atoms with Crippen LogP contribution in [0, 0.1) is 23.7 Å². The molecular weight excluding hydrogens is 348 g/mol. The fourth-order valence-corrected chi connectivity index (χ4v) is 2.92. The summed E-state index contributed by atoms with van der Waals surface area (Å²) < 4.78 is 5.24. The molecule has 0 N–H and O–H groups in total. The van der Waals surface area contributed by atoms with Gasteiger partial charge in [0.1, 0.15) is 0 Å². The number of rotatable bonds is 2. The van der Waals surface area contributed by atoms with Crippen LogP contribution in [0.25, 0.3) is 0 Å². The van der Waals surface area contributed by atoms with Crippen molar-refractivity contribution in [2.24, 2.45) is 0 Å². The van der Waals surface area contributed by atoms with E-state index in [1.165, 1.54) is 0 Å². The van der Waals surface area contributed by atoms with Crippen LogP contribution in [0.2, 0.25) is 0 Å². The van der Waals surface area contributed by atoms with Crippen molar-refractivity contribution >= 4 is 16.5 Å². The van der Waals surface area contributed by atoms with E-state index in [-0.39, 0.29) is 10.5 Å². The molecule has 0 saturated heterocycles. The van der Waals surface area contributed by atoms with E-state index in [0.717, 1.165) is 11.1 Å². The van der Waals surface area contributed by atoms with Crippen LogP contribution < -0.4 is 0 Å². The topological polar surface area (TPSA) is 26.3 Å². The minimum atomic E-state index is -1.34. The molecule has 0 aromatic heterocycles. The van der Waals surface area contributed by atoms with E-state index in [9.17, 15) is 4.79 Å². The van der Waals surface area contributed by atoms with Gasteiger partial charge in [0.2, 0.25) is 15.9 Å². The van der Waals surface area contributed by atoms with Gasteiger partial charge in [-0.2, -0.15) is 0 Å². The first-order chi connectivity index (χ1) is 13.2. The van der Waals surface area contributed by atoms with Gasteiger partial charge in [0, 0.05) is 11.1 Å². The highest BCUT2D eigenvalue weighted by Crippen LogP contribution is 2.25. The van der Waals surface area contributed by atoms with E-state index in [4.69, 9.17) is 4.43 Å². The van der Waals surface area contributed by atoms with Gasteiger partial charge < -0.3 is 4.43 Å². The fourth-order valence-electron chi connectivity index (χ4n) is 2.61. The zero-order chi connectivity index (χ0) is 19.0. The first-order valence-electron chi connectivity index (χ1n) is 8.55. The molecule has 0 aliphatic carbocycles. The summed E-state index contributed by atoms with van der Waals surface area (Å²) in [6.07, 6.45) is 0. The van der Waals surface area contributed by atoms with Crippen molar-refractivity contribution in [2.45, 2.75) is 5.41 Å². The van der Waals surface area contributed by atoms with Crippen molar-refractivity contribution in [3.63, 3.8) is 0 Å². The summed E-state index contributed by atoms with van der Waals surface area (Å²) in [6.45, 7) is 0. The van der Waals surface area contributed by atoms with Gasteiger partial charge in [-0.15, -0.1) is 0 Å². The molecular formula is C24H18O2Si. The third-order valence-corrected chi connectivity index (χ3v) is 4.41. The lowest BCUT2D eigenvalue weighted by Crippen LogP contribution is -2.34. The summed E-state index contributed by atoms with van der Waals surface area (Å²) in [5.41, 5.74) is 1.01. The number of carbonyl (C=O) groups excluding carboxylic acids is 1. The summed E-state index contributed by atoms with van der Waals surface area (Å²) in [6, 6.07) is 28.5. The zero-order valence-electron chi connectivity index (χ0n) is 15.0. The largest absolute Gasteiger partial charge is 0.527 e.